The molecule has 0 saturated heterocycles. The number of phenolic OH excluding ortho intramolecular Hbond substituents is 1. The van der Waals surface area contributed by atoms with Crippen LogP contribution in [0.15, 0.2) is 12.1 Å². The normalized spacial score (nSPS) is 11.5. The maximum absolute atomic E-state index is 11.1. The van der Waals surface area contributed by atoms with Crippen LogP contribution >= 0.6 is 0 Å². The van der Waals surface area contributed by atoms with Gasteiger partial charge in [0.1, 0.15) is 5.75 Å². The van der Waals surface area contributed by atoms with Crippen molar-refractivity contribution in [3.8, 4) is 5.75 Å². The van der Waals surface area contributed by atoms with E-state index in [-0.39, 0.29) is 5.75 Å². The van der Waals surface area contributed by atoms with Crippen molar-refractivity contribution >= 4 is 5.97 Å². The molecule has 0 atom stereocenters. The van der Waals surface area contributed by atoms with Crippen LogP contribution in [0.2, 0.25) is 0 Å². The Morgan fingerprint density at radius 2 is 1.60 bits per heavy atom. The second-order valence-electron chi connectivity index (χ2n) is 4.39. The smallest absolute Gasteiger partial charge is 0.313 e. The molecule has 0 fully saturated rings. The summed E-state index contributed by atoms with van der Waals surface area (Å²) in [5, 5.41) is 18.7. The molecule has 1 aromatic rings. The van der Waals surface area contributed by atoms with Crippen molar-refractivity contribution < 1.29 is 15.0 Å². The van der Waals surface area contributed by atoms with Gasteiger partial charge in [0.05, 0.1) is 5.41 Å². The summed E-state index contributed by atoms with van der Waals surface area (Å²) in [4.78, 5) is 11.1. The van der Waals surface area contributed by atoms with Gasteiger partial charge in [-0.25, -0.2) is 0 Å². The lowest BCUT2D eigenvalue weighted by molar-refractivity contribution is -0.142. The van der Waals surface area contributed by atoms with Crippen LogP contribution in [0.3, 0.4) is 0 Å². The van der Waals surface area contributed by atoms with Crippen molar-refractivity contribution in [1.82, 2.24) is 0 Å². The Balaban J connectivity index is 3.34. The summed E-state index contributed by atoms with van der Waals surface area (Å²) >= 11 is 0. The van der Waals surface area contributed by atoms with E-state index >= 15 is 0 Å². The standard InChI is InChI=1S/C12H16O3/c1-7-5-9(6-8(2)10(7)13)12(3,4)11(14)15/h5-6,13H,1-4H3,(H,14,15). The number of carbonyl (C=O) groups is 1. The Kier molecular flexibility index (Phi) is 2.75. The van der Waals surface area contributed by atoms with E-state index in [9.17, 15) is 9.90 Å². The first-order valence-corrected chi connectivity index (χ1v) is 4.81. The Hall–Kier alpha value is -1.51. The number of rotatable bonds is 2. The summed E-state index contributed by atoms with van der Waals surface area (Å²) in [5.41, 5.74) is 1.20. The van der Waals surface area contributed by atoms with Crippen LogP contribution in [0.25, 0.3) is 0 Å². The average molecular weight is 208 g/mol. The van der Waals surface area contributed by atoms with E-state index in [4.69, 9.17) is 5.11 Å². The fraction of sp³-hybridized carbons (Fsp3) is 0.417. The first-order valence-electron chi connectivity index (χ1n) is 4.81. The summed E-state index contributed by atoms with van der Waals surface area (Å²) in [7, 11) is 0. The van der Waals surface area contributed by atoms with E-state index < -0.39 is 11.4 Å². The van der Waals surface area contributed by atoms with Gasteiger partial charge >= 0.3 is 5.97 Å². The molecule has 0 unspecified atom stereocenters. The van der Waals surface area contributed by atoms with E-state index in [1.807, 2.05) is 0 Å². The molecule has 0 aromatic heterocycles. The predicted molar refractivity (Wildman–Crippen MR) is 58.2 cm³/mol. The lowest BCUT2D eigenvalue weighted by atomic mass is 9.83. The minimum Gasteiger partial charge on any atom is -0.507 e. The highest BCUT2D eigenvalue weighted by Gasteiger charge is 2.30. The highest BCUT2D eigenvalue weighted by molar-refractivity contribution is 5.80. The molecule has 0 bridgehead atoms. The highest BCUT2D eigenvalue weighted by Crippen LogP contribution is 2.30. The minimum atomic E-state index is -0.927. The van der Waals surface area contributed by atoms with Gasteiger partial charge in [0.2, 0.25) is 0 Å². The molecule has 15 heavy (non-hydrogen) atoms. The molecule has 0 radical (unpaired) electrons. The van der Waals surface area contributed by atoms with Crippen molar-refractivity contribution in [2.75, 3.05) is 0 Å². The van der Waals surface area contributed by atoms with Crippen molar-refractivity contribution in [1.29, 1.82) is 0 Å². The first kappa shape index (κ1) is 11.6. The van der Waals surface area contributed by atoms with Gasteiger partial charge in [0.25, 0.3) is 0 Å². The second kappa shape index (κ2) is 3.57. The van der Waals surface area contributed by atoms with Gasteiger partial charge < -0.3 is 10.2 Å². The summed E-state index contributed by atoms with van der Waals surface area (Å²) in [6.45, 7) is 6.84. The zero-order valence-electron chi connectivity index (χ0n) is 9.46. The molecule has 0 heterocycles. The fourth-order valence-corrected chi connectivity index (χ4v) is 1.44. The monoisotopic (exact) mass is 208 g/mol. The maximum Gasteiger partial charge on any atom is 0.313 e. The van der Waals surface area contributed by atoms with E-state index in [0.717, 1.165) is 0 Å². The van der Waals surface area contributed by atoms with Crippen LogP contribution in [-0.2, 0) is 10.2 Å². The van der Waals surface area contributed by atoms with E-state index in [2.05, 4.69) is 0 Å². The quantitative estimate of drug-likeness (QED) is 0.784. The largest absolute Gasteiger partial charge is 0.507 e. The zero-order chi connectivity index (χ0) is 11.8. The summed E-state index contributed by atoms with van der Waals surface area (Å²) in [6.07, 6.45) is 0. The molecule has 0 spiro atoms. The lowest BCUT2D eigenvalue weighted by Crippen LogP contribution is -2.28. The number of aliphatic carboxylic acids is 1. The van der Waals surface area contributed by atoms with Gasteiger partial charge in [0, 0.05) is 0 Å². The number of carboxylic acids is 1. The molecule has 82 valence electrons. The van der Waals surface area contributed by atoms with E-state index in [1.165, 1.54) is 0 Å². The summed E-state index contributed by atoms with van der Waals surface area (Å²) in [5.74, 6) is -0.632. The van der Waals surface area contributed by atoms with Crippen LogP contribution in [0.5, 0.6) is 5.75 Å². The van der Waals surface area contributed by atoms with Gasteiger partial charge in [-0.2, -0.15) is 0 Å². The Morgan fingerprint density at radius 1 is 1.20 bits per heavy atom. The number of aromatic hydroxyl groups is 1. The van der Waals surface area contributed by atoms with Crippen molar-refractivity contribution in [3.63, 3.8) is 0 Å². The highest BCUT2D eigenvalue weighted by atomic mass is 16.4. The molecular formula is C12H16O3. The topological polar surface area (TPSA) is 57.5 Å². The number of hydrogen-bond acceptors (Lipinski definition) is 2. The fourth-order valence-electron chi connectivity index (χ4n) is 1.44. The molecular weight excluding hydrogens is 192 g/mol. The summed E-state index contributed by atoms with van der Waals surface area (Å²) < 4.78 is 0. The Morgan fingerprint density at radius 3 is 1.93 bits per heavy atom. The number of aryl methyl sites for hydroxylation is 2. The molecule has 0 amide bonds. The van der Waals surface area contributed by atoms with Crippen molar-refractivity contribution in [2.45, 2.75) is 33.1 Å². The molecule has 0 aliphatic carbocycles. The average Bonchev–Trinajstić information content (AvgIpc) is 2.13. The van der Waals surface area contributed by atoms with Crippen LogP contribution in [0, 0.1) is 13.8 Å². The Labute approximate surface area is 89.4 Å². The van der Waals surface area contributed by atoms with Gasteiger partial charge in [-0.3, -0.25) is 4.79 Å². The minimum absolute atomic E-state index is 0.236. The van der Waals surface area contributed by atoms with Crippen molar-refractivity contribution in [2.24, 2.45) is 0 Å². The molecule has 3 nitrogen and oxygen atoms in total. The third-order valence-corrected chi connectivity index (χ3v) is 2.75. The number of benzene rings is 1. The van der Waals surface area contributed by atoms with E-state index in [0.29, 0.717) is 16.7 Å². The number of hydrogen-bond donors (Lipinski definition) is 2. The second-order valence-corrected chi connectivity index (χ2v) is 4.39. The number of phenols is 1. The van der Waals surface area contributed by atoms with Crippen LogP contribution in [-0.4, -0.2) is 16.2 Å². The number of carboxylic acid groups (broad SMARTS) is 1. The third kappa shape index (κ3) is 1.96. The predicted octanol–water partition coefficient (Wildman–Crippen LogP) is 2.37. The molecule has 0 saturated carbocycles. The third-order valence-electron chi connectivity index (χ3n) is 2.75. The van der Waals surface area contributed by atoms with Crippen molar-refractivity contribution in [3.05, 3.63) is 28.8 Å². The molecule has 1 aromatic carbocycles. The zero-order valence-corrected chi connectivity index (χ0v) is 9.46. The molecule has 1 rings (SSSR count). The van der Waals surface area contributed by atoms with Gasteiger partial charge in [-0.1, -0.05) is 12.1 Å². The SMILES string of the molecule is Cc1cc(C(C)(C)C(=O)O)cc(C)c1O. The Bertz CT molecular complexity index is 382. The lowest BCUT2D eigenvalue weighted by Gasteiger charge is -2.21. The molecule has 0 aliphatic heterocycles. The van der Waals surface area contributed by atoms with Gasteiger partial charge in [-0.05, 0) is 44.4 Å². The van der Waals surface area contributed by atoms with Gasteiger partial charge in [0.15, 0.2) is 0 Å². The summed E-state index contributed by atoms with van der Waals surface area (Å²) in [6, 6.07) is 3.44. The molecule has 3 heteroatoms. The van der Waals surface area contributed by atoms with Crippen LogP contribution in [0.4, 0.5) is 0 Å². The first-order chi connectivity index (χ1) is 6.76. The van der Waals surface area contributed by atoms with Crippen LogP contribution < -0.4 is 0 Å². The van der Waals surface area contributed by atoms with Crippen LogP contribution in [0.1, 0.15) is 30.5 Å². The van der Waals surface area contributed by atoms with Gasteiger partial charge in [-0.15, -0.1) is 0 Å². The molecule has 2 N–H and O–H groups in total. The molecule has 0 aliphatic rings. The maximum atomic E-state index is 11.1. The van der Waals surface area contributed by atoms with E-state index in [1.54, 1.807) is 39.8 Å².